The first-order chi connectivity index (χ1) is 12.6. The third-order valence-corrected chi connectivity index (χ3v) is 6.43. The van der Waals surface area contributed by atoms with E-state index in [1.165, 1.54) is 43.9 Å². The van der Waals surface area contributed by atoms with Gasteiger partial charge in [0, 0.05) is 17.0 Å². The van der Waals surface area contributed by atoms with Crippen LogP contribution in [0.25, 0.3) is 0 Å². The molecule has 2 rings (SSSR count). The number of hydrogen-bond donors (Lipinski definition) is 1. The van der Waals surface area contributed by atoms with Crippen molar-refractivity contribution < 1.29 is 0 Å². The molecular weight excluding hydrogens is 387 g/mol. The second-order valence-electron chi connectivity index (χ2n) is 6.42. The van der Waals surface area contributed by atoms with Gasteiger partial charge in [-0.3, -0.25) is 4.79 Å². The van der Waals surface area contributed by atoms with Crippen LogP contribution in [0, 0.1) is 0 Å². The molecule has 1 aromatic heterocycles. The molecule has 0 aliphatic heterocycles. The lowest BCUT2D eigenvalue weighted by Crippen LogP contribution is -2.14. The lowest BCUT2D eigenvalue weighted by Gasteiger charge is -2.15. The van der Waals surface area contributed by atoms with Gasteiger partial charge in [0.05, 0.1) is 15.7 Å². The average Bonchev–Trinajstić information content (AvgIpc) is 2.64. The highest BCUT2D eigenvalue weighted by Gasteiger charge is 2.15. The first kappa shape index (κ1) is 21.3. The monoisotopic (exact) mass is 412 g/mol. The number of H-pyrrole nitrogens is 1. The van der Waals surface area contributed by atoms with Gasteiger partial charge < -0.3 is 4.98 Å². The number of benzene rings is 1. The predicted molar refractivity (Wildman–Crippen MR) is 112 cm³/mol. The average molecular weight is 413 g/mol. The molecule has 0 bridgehead atoms. The first-order valence-electron chi connectivity index (χ1n) is 9.28. The molecule has 3 nitrogen and oxygen atoms in total. The summed E-state index contributed by atoms with van der Waals surface area (Å²) in [5.74, 6) is 0.364. The normalized spacial score (nSPS) is 12.3. The zero-order valence-electron chi connectivity index (χ0n) is 15.4. The number of aromatic amines is 1. The van der Waals surface area contributed by atoms with Gasteiger partial charge in [0.2, 0.25) is 0 Å². The lowest BCUT2D eigenvalue weighted by atomic mass is 9.95. The molecule has 6 heteroatoms. The molecule has 1 heterocycles. The number of unbranched alkanes of at least 4 members (excludes halogenated alkanes) is 4. The quantitative estimate of drug-likeness (QED) is 0.423. The van der Waals surface area contributed by atoms with Crippen LogP contribution in [-0.2, 0) is 0 Å². The van der Waals surface area contributed by atoms with E-state index in [4.69, 9.17) is 23.2 Å². The Kier molecular flexibility index (Phi) is 9.03. The maximum atomic E-state index is 12.2. The Bertz CT molecular complexity index is 764. The van der Waals surface area contributed by atoms with Gasteiger partial charge >= 0.3 is 0 Å². The zero-order chi connectivity index (χ0) is 18.9. The van der Waals surface area contributed by atoms with Crippen molar-refractivity contribution in [1.29, 1.82) is 0 Å². The van der Waals surface area contributed by atoms with E-state index >= 15 is 0 Å². The summed E-state index contributed by atoms with van der Waals surface area (Å²) < 4.78 is 0. The minimum Gasteiger partial charge on any atom is -0.325 e. The van der Waals surface area contributed by atoms with Crippen molar-refractivity contribution in [1.82, 2.24) is 9.97 Å². The summed E-state index contributed by atoms with van der Waals surface area (Å²) in [6, 6.07) is 5.39. The third-order valence-electron chi connectivity index (χ3n) is 4.47. The summed E-state index contributed by atoms with van der Waals surface area (Å²) in [5.41, 5.74) is 0.746. The summed E-state index contributed by atoms with van der Waals surface area (Å²) in [4.78, 5) is 20.4. The van der Waals surface area contributed by atoms with Gasteiger partial charge in [-0.25, -0.2) is 4.98 Å². The van der Waals surface area contributed by atoms with Crippen molar-refractivity contribution in [3.63, 3.8) is 0 Å². The summed E-state index contributed by atoms with van der Waals surface area (Å²) in [5, 5.41) is 1.34. The van der Waals surface area contributed by atoms with Crippen LogP contribution in [0.4, 0.5) is 0 Å². The van der Waals surface area contributed by atoms with Crippen LogP contribution in [0.5, 0.6) is 0 Å². The molecule has 26 heavy (non-hydrogen) atoms. The van der Waals surface area contributed by atoms with Crippen molar-refractivity contribution in [2.24, 2.45) is 0 Å². The number of hydrogen-bond acceptors (Lipinski definition) is 3. The van der Waals surface area contributed by atoms with Gasteiger partial charge in [-0.05, 0) is 25.0 Å². The minimum absolute atomic E-state index is 0.201. The summed E-state index contributed by atoms with van der Waals surface area (Å²) in [6.45, 7) is 4.40. The molecule has 2 aromatic rings. The van der Waals surface area contributed by atoms with E-state index in [1.54, 1.807) is 12.3 Å². The van der Waals surface area contributed by atoms with Crippen LogP contribution in [0.1, 0.15) is 70.4 Å². The number of aromatic nitrogens is 2. The Morgan fingerprint density at radius 3 is 2.65 bits per heavy atom. The molecule has 142 valence electrons. The van der Waals surface area contributed by atoms with Gasteiger partial charge in [0.25, 0.3) is 5.56 Å². The molecule has 0 saturated heterocycles. The molecule has 1 unspecified atom stereocenters. The minimum atomic E-state index is -0.201. The number of nitrogens with zero attached hydrogens (tertiary/aromatic N) is 1. The van der Waals surface area contributed by atoms with Gasteiger partial charge in [-0.15, -0.1) is 0 Å². The Hall–Kier alpha value is -0.970. The maximum absolute atomic E-state index is 12.2. The molecule has 0 radical (unpaired) electrons. The van der Waals surface area contributed by atoms with E-state index in [0.29, 0.717) is 21.0 Å². The largest absolute Gasteiger partial charge is 0.325 e. The van der Waals surface area contributed by atoms with Crippen LogP contribution in [0.3, 0.4) is 0 Å². The van der Waals surface area contributed by atoms with Crippen molar-refractivity contribution >= 4 is 35.0 Å². The first-order valence-corrected chi connectivity index (χ1v) is 10.9. The Balaban J connectivity index is 2.12. The van der Waals surface area contributed by atoms with Gasteiger partial charge in [0.15, 0.2) is 5.03 Å². The van der Waals surface area contributed by atoms with Crippen LogP contribution >= 0.6 is 35.0 Å². The fraction of sp³-hybridized carbons (Fsp3) is 0.500. The third kappa shape index (κ3) is 6.04. The topological polar surface area (TPSA) is 45.8 Å². The second-order valence-corrected chi connectivity index (χ2v) is 8.24. The van der Waals surface area contributed by atoms with E-state index in [0.717, 1.165) is 23.4 Å². The van der Waals surface area contributed by atoms with Crippen molar-refractivity contribution in [3.05, 3.63) is 50.5 Å². The molecular formula is C20H26Cl2N2OS. The van der Waals surface area contributed by atoms with Crippen LogP contribution in [0.2, 0.25) is 10.0 Å². The number of nitrogens with one attached hydrogen (secondary N) is 1. The Morgan fingerprint density at radius 2 is 1.92 bits per heavy atom. The second kappa shape index (κ2) is 11.0. The fourth-order valence-corrected chi connectivity index (χ4v) is 4.23. The van der Waals surface area contributed by atoms with E-state index in [2.05, 4.69) is 23.8 Å². The van der Waals surface area contributed by atoms with Crippen molar-refractivity contribution in [3.8, 4) is 0 Å². The van der Waals surface area contributed by atoms with Crippen LogP contribution in [-0.4, -0.2) is 9.97 Å². The van der Waals surface area contributed by atoms with Gasteiger partial charge in [-0.2, -0.15) is 0 Å². The maximum Gasteiger partial charge on any atom is 0.280 e. The molecule has 1 atom stereocenters. The van der Waals surface area contributed by atoms with Gasteiger partial charge in [0.1, 0.15) is 0 Å². The van der Waals surface area contributed by atoms with E-state index in [-0.39, 0.29) is 5.56 Å². The zero-order valence-corrected chi connectivity index (χ0v) is 17.7. The lowest BCUT2D eigenvalue weighted by molar-refractivity contribution is 0.522. The smallest absolute Gasteiger partial charge is 0.280 e. The van der Waals surface area contributed by atoms with Crippen LogP contribution < -0.4 is 5.56 Å². The molecule has 1 aromatic carbocycles. The van der Waals surface area contributed by atoms with Crippen molar-refractivity contribution in [2.45, 2.75) is 74.6 Å². The molecule has 0 amide bonds. The van der Waals surface area contributed by atoms with Crippen LogP contribution in [0.15, 0.2) is 39.1 Å². The fourth-order valence-electron chi connectivity index (χ4n) is 2.90. The summed E-state index contributed by atoms with van der Waals surface area (Å²) in [6.07, 6.45) is 10.2. The number of halogens is 2. The molecule has 0 aliphatic carbocycles. The Morgan fingerprint density at radius 1 is 1.15 bits per heavy atom. The van der Waals surface area contributed by atoms with Gasteiger partial charge in [-0.1, -0.05) is 87.0 Å². The van der Waals surface area contributed by atoms with E-state index in [1.807, 2.05) is 12.1 Å². The predicted octanol–water partition coefficient (Wildman–Crippen LogP) is 7.08. The highest BCUT2D eigenvalue weighted by atomic mass is 35.5. The molecule has 0 spiro atoms. The molecule has 0 saturated carbocycles. The van der Waals surface area contributed by atoms with E-state index in [9.17, 15) is 4.79 Å². The number of rotatable bonds is 10. The standard InChI is InChI=1S/C20H26Cl2N2OS/c1-3-5-6-7-8-10-14(4-2)16-13-23-19(25)20(24-16)26-17-12-9-11-15(21)18(17)22/h9,11-14H,3-8,10H2,1-2H3,(H,23,25). The SMILES string of the molecule is CCCCCCCC(CC)c1c[nH]c(=O)c(Sc2cccc(Cl)c2Cl)n1. The highest BCUT2D eigenvalue weighted by Crippen LogP contribution is 2.35. The van der Waals surface area contributed by atoms with E-state index < -0.39 is 0 Å². The molecule has 0 fully saturated rings. The molecule has 1 N–H and O–H groups in total. The summed E-state index contributed by atoms with van der Waals surface area (Å²) in [7, 11) is 0. The summed E-state index contributed by atoms with van der Waals surface area (Å²) >= 11 is 13.6. The highest BCUT2D eigenvalue weighted by molar-refractivity contribution is 7.99. The molecule has 0 aliphatic rings. The van der Waals surface area contributed by atoms with Crippen molar-refractivity contribution in [2.75, 3.05) is 0 Å². The Labute approximate surface area is 169 Å².